The van der Waals surface area contributed by atoms with Gasteiger partial charge in [-0.3, -0.25) is 4.79 Å². The Bertz CT molecular complexity index is 1200. The second kappa shape index (κ2) is 11.6. The van der Waals surface area contributed by atoms with Crippen LogP contribution in [0.4, 0.5) is 5.69 Å². The van der Waals surface area contributed by atoms with E-state index in [1.807, 2.05) is 25.1 Å². The predicted molar refractivity (Wildman–Crippen MR) is 132 cm³/mol. The van der Waals surface area contributed by atoms with Crippen LogP contribution in [-0.4, -0.2) is 12.5 Å². The number of carbonyl (C=O) groups excluding carboxylic acids is 1. The number of rotatable bonds is 8. The van der Waals surface area contributed by atoms with Crippen molar-refractivity contribution in [1.82, 2.24) is 0 Å². The Hall–Kier alpha value is -3.17. The minimum Gasteiger partial charge on any atom is -0.494 e. The van der Waals surface area contributed by atoms with Crippen molar-refractivity contribution < 1.29 is 14.3 Å². The number of ether oxygens (including phenoxy) is 2. The lowest BCUT2D eigenvalue weighted by Gasteiger charge is -2.13. The van der Waals surface area contributed by atoms with Gasteiger partial charge in [0.05, 0.1) is 11.6 Å². The normalized spacial score (nSPS) is 10.9. The van der Waals surface area contributed by atoms with E-state index in [9.17, 15) is 10.1 Å². The molecule has 0 radical (unpaired) electrons. The van der Waals surface area contributed by atoms with Crippen molar-refractivity contribution >= 4 is 52.5 Å². The van der Waals surface area contributed by atoms with Crippen LogP contribution in [0.2, 0.25) is 15.1 Å². The Kier molecular flexibility index (Phi) is 8.62. The van der Waals surface area contributed by atoms with Gasteiger partial charge in [-0.2, -0.15) is 5.26 Å². The lowest BCUT2D eigenvalue weighted by atomic mass is 10.1. The van der Waals surface area contributed by atoms with Crippen molar-refractivity contribution in [3.8, 4) is 17.6 Å². The lowest BCUT2D eigenvalue weighted by Crippen LogP contribution is -2.13. The molecule has 8 heteroatoms. The topological polar surface area (TPSA) is 71.3 Å². The first-order valence-corrected chi connectivity index (χ1v) is 11.0. The van der Waals surface area contributed by atoms with Gasteiger partial charge >= 0.3 is 0 Å². The molecule has 1 N–H and O–H groups in total. The molecule has 3 rings (SSSR count). The Balaban J connectivity index is 1.83. The van der Waals surface area contributed by atoms with E-state index in [1.54, 1.807) is 42.5 Å². The van der Waals surface area contributed by atoms with Gasteiger partial charge < -0.3 is 14.8 Å². The maximum atomic E-state index is 12.7. The molecule has 0 fully saturated rings. The summed E-state index contributed by atoms with van der Waals surface area (Å²) in [6, 6.07) is 19.0. The van der Waals surface area contributed by atoms with Gasteiger partial charge in [-0.25, -0.2) is 0 Å². The second-order valence-electron chi connectivity index (χ2n) is 6.80. The fourth-order valence-electron chi connectivity index (χ4n) is 2.88. The van der Waals surface area contributed by atoms with E-state index < -0.39 is 5.91 Å². The SMILES string of the molecule is CCOc1ccc(NC(=O)/C(C#N)=C/c2cc(Cl)cc(Cl)c2OCc2ccc(Cl)cc2)cc1. The summed E-state index contributed by atoms with van der Waals surface area (Å²) < 4.78 is 11.3. The average Bonchev–Trinajstić information content (AvgIpc) is 2.79. The first-order valence-electron chi connectivity index (χ1n) is 9.92. The summed E-state index contributed by atoms with van der Waals surface area (Å²) in [6.07, 6.45) is 1.39. The zero-order chi connectivity index (χ0) is 23.8. The van der Waals surface area contributed by atoms with Crippen LogP contribution in [-0.2, 0) is 11.4 Å². The van der Waals surface area contributed by atoms with E-state index >= 15 is 0 Å². The molecule has 0 saturated heterocycles. The molecule has 0 unspecified atom stereocenters. The van der Waals surface area contributed by atoms with E-state index in [4.69, 9.17) is 44.3 Å². The number of nitriles is 1. The number of nitrogens with zero attached hydrogens (tertiary/aromatic N) is 1. The molecule has 0 aliphatic heterocycles. The molecule has 5 nitrogen and oxygen atoms in total. The molecule has 0 spiro atoms. The molecule has 0 saturated carbocycles. The molecule has 3 aromatic carbocycles. The van der Waals surface area contributed by atoms with Gasteiger partial charge in [0, 0.05) is 21.3 Å². The zero-order valence-corrected chi connectivity index (χ0v) is 19.8. The Morgan fingerprint density at radius 1 is 1.00 bits per heavy atom. The third-order valence-electron chi connectivity index (χ3n) is 4.42. The lowest BCUT2D eigenvalue weighted by molar-refractivity contribution is -0.112. The van der Waals surface area contributed by atoms with Gasteiger partial charge in [-0.15, -0.1) is 0 Å². The Morgan fingerprint density at radius 3 is 2.33 bits per heavy atom. The smallest absolute Gasteiger partial charge is 0.266 e. The first-order chi connectivity index (χ1) is 15.9. The van der Waals surface area contributed by atoms with Crippen molar-refractivity contribution in [3.05, 3.63) is 92.4 Å². The molecule has 0 aromatic heterocycles. The van der Waals surface area contributed by atoms with Crippen molar-refractivity contribution in [2.75, 3.05) is 11.9 Å². The summed E-state index contributed by atoms with van der Waals surface area (Å²) in [5.41, 5.74) is 1.65. The van der Waals surface area contributed by atoms with Crippen LogP contribution in [0.25, 0.3) is 6.08 Å². The number of hydrogen-bond acceptors (Lipinski definition) is 4. The molecule has 0 aliphatic rings. The summed E-state index contributed by atoms with van der Waals surface area (Å²) >= 11 is 18.4. The Morgan fingerprint density at radius 2 is 1.70 bits per heavy atom. The average molecular weight is 502 g/mol. The predicted octanol–water partition coefficient (Wildman–Crippen LogP) is 7.17. The number of amides is 1. The fraction of sp³-hybridized carbons (Fsp3) is 0.120. The van der Waals surface area contributed by atoms with E-state index in [1.165, 1.54) is 12.1 Å². The van der Waals surface area contributed by atoms with Crippen LogP contribution in [0.15, 0.2) is 66.2 Å². The van der Waals surface area contributed by atoms with Crippen LogP contribution < -0.4 is 14.8 Å². The molecule has 3 aromatic rings. The van der Waals surface area contributed by atoms with Gasteiger partial charge in [0.1, 0.15) is 29.7 Å². The van der Waals surface area contributed by atoms with Gasteiger partial charge in [0.25, 0.3) is 5.91 Å². The standard InChI is InChI=1S/C25H19Cl3N2O3/c1-2-32-22-9-7-21(8-10-22)30-25(31)18(14-29)11-17-12-20(27)13-23(28)24(17)33-15-16-3-5-19(26)6-4-16/h3-13H,2,15H2,1H3,(H,30,31)/b18-11+. The van der Waals surface area contributed by atoms with E-state index in [0.29, 0.717) is 39.4 Å². The summed E-state index contributed by atoms with van der Waals surface area (Å²) in [7, 11) is 0. The van der Waals surface area contributed by atoms with Crippen molar-refractivity contribution in [2.45, 2.75) is 13.5 Å². The minimum atomic E-state index is -0.582. The highest BCUT2D eigenvalue weighted by Gasteiger charge is 2.15. The van der Waals surface area contributed by atoms with Gasteiger partial charge in [-0.1, -0.05) is 46.9 Å². The van der Waals surface area contributed by atoms with Crippen molar-refractivity contribution in [1.29, 1.82) is 5.26 Å². The highest BCUT2D eigenvalue weighted by molar-refractivity contribution is 6.36. The molecule has 1 amide bonds. The van der Waals surface area contributed by atoms with Crippen LogP contribution in [0, 0.1) is 11.3 Å². The van der Waals surface area contributed by atoms with Crippen LogP contribution in [0.5, 0.6) is 11.5 Å². The summed E-state index contributed by atoms with van der Waals surface area (Å²) in [4.78, 5) is 12.7. The van der Waals surface area contributed by atoms with Crippen LogP contribution in [0.3, 0.4) is 0 Å². The summed E-state index contributed by atoms with van der Waals surface area (Å²) in [5, 5.41) is 13.5. The number of carbonyl (C=O) groups is 1. The molecule has 168 valence electrons. The highest BCUT2D eigenvalue weighted by Crippen LogP contribution is 2.34. The maximum absolute atomic E-state index is 12.7. The third-order valence-corrected chi connectivity index (χ3v) is 5.17. The summed E-state index contributed by atoms with van der Waals surface area (Å²) in [5.74, 6) is 0.404. The first kappa shape index (κ1) is 24.5. The van der Waals surface area contributed by atoms with Crippen LogP contribution >= 0.6 is 34.8 Å². The van der Waals surface area contributed by atoms with Crippen molar-refractivity contribution in [2.24, 2.45) is 0 Å². The monoisotopic (exact) mass is 500 g/mol. The molecule has 33 heavy (non-hydrogen) atoms. The van der Waals surface area contributed by atoms with Crippen molar-refractivity contribution in [3.63, 3.8) is 0 Å². The van der Waals surface area contributed by atoms with E-state index in [2.05, 4.69) is 5.32 Å². The highest BCUT2D eigenvalue weighted by atomic mass is 35.5. The van der Waals surface area contributed by atoms with Gasteiger partial charge in [0.2, 0.25) is 0 Å². The minimum absolute atomic E-state index is 0.140. The van der Waals surface area contributed by atoms with Gasteiger partial charge in [-0.05, 0) is 67.1 Å². The quantitative estimate of drug-likeness (QED) is 0.262. The number of benzene rings is 3. The van der Waals surface area contributed by atoms with Crippen LogP contribution in [0.1, 0.15) is 18.1 Å². The fourth-order valence-corrected chi connectivity index (χ4v) is 3.57. The second-order valence-corrected chi connectivity index (χ2v) is 8.08. The molecular formula is C25H19Cl3N2O3. The number of hydrogen-bond donors (Lipinski definition) is 1. The largest absolute Gasteiger partial charge is 0.494 e. The van der Waals surface area contributed by atoms with E-state index in [-0.39, 0.29) is 17.2 Å². The zero-order valence-electron chi connectivity index (χ0n) is 17.6. The molecular weight excluding hydrogens is 483 g/mol. The number of nitrogens with one attached hydrogen (secondary N) is 1. The Labute approximate surface area is 207 Å². The molecule has 0 aliphatic carbocycles. The number of anilines is 1. The molecule has 0 bridgehead atoms. The number of halogens is 3. The van der Waals surface area contributed by atoms with Gasteiger partial charge in [0.15, 0.2) is 0 Å². The molecule has 0 atom stereocenters. The maximum Gasteiger partial charge on any atom is 0.266 e. The molecule has 0 heterocycles. The summed E-state index contributed by atoms with van der Waals surface area (Å²) in [6.45, 7) is 2.63. The third kappa shape index (κ3) is 6.90. The van der Waals surface area contributed by atoms with E-state index in [0.717, 1.165) is 5.56 Å².